The van der Waals surface area contributed by atoms with Crippen molar-refractivity contribution in [3.8, 4) is 11.6 Å². The third-order valence-electron chi connectivity index (χ3n) is 2.87. The van der Waals surface area contributed by atoms with Crippen LogP contribution < -0.4 is 4.74 Å². The Bertz CT molecular complexity index is 638. The van der Waals surface area contributed by atoms with E-state index in [9.17, 15) is 0 Å². The summed E-state index contributed by atoms with van der Waals surface area (Å²) in [4.78, 5) is 8.02. The van der Waals surface area contributed by atoms with Gasteiger partial charge in [-0.1, -0.05) is 44.5 Å². The molecule has 1 aromatic carbocycles. The van der Waals surface area contributed by atoms with Crippen molar-refractivity contribution in [1.82, 2.24) is 9.97 Å². The van der Waals surface area contributed by atoms with Crippen LogP contribution in [-0.4, -0.2) is 9.97 Å². The Morgan fingerprint density at radius 2 is 1.90 bits per heavy atom. The van der Waals surface area contributed by atoms with Crippen molar-refractivity contribution >= 4 is 27.5 Å². The fourth-order valence-corrected chi connectivity index (χ4v) is 2.25. The lowest BCUT2D eigenvalue weighted by Gasteiger charge is -2.23. The van der Waals surface area contributed by atoms with Crippen LogP contribution in [0, 0.1) is 6.92 Å². The molecular weight excluding hydrogens is 340 g/mol. The van der Waals surface area contributed by atoms with Crippen molar-refractivity contribution in [3.63, 3.8) is 0 Å². The second-order valence-electron chi connectivity index (χ2n) is 5.64. The maximum absolute atomic E-state index is 5.96. The quantitative estimate of drug-likeness (QED) is 0.686. The summed E-state index contributed by atoms with van der Waals surface area (Å²) in [6.07, 6.45) is 1.38. The Hall–Kier alpha value is -1.13. The first kappa shape index (κ1) is 15.3. The molecule has 3 nitrogen and oxygen atoms in total. The summed E-state index contributed by atoms with van der Waals surface area (Å²) in [6.45, 7) is 8.47. The van der Waals surface area contributed by atoms with Crippen LogP contribution in [0.5, 0.6) is 11.6 Å². The zero-order valence-corrected chi connectivity index (χ0v) is 14.2. The number of hydrogen-bond donors (Lipinski definition) is 0. The second kappa shape index (κ2) is 5.70. The van der Waals surface area contributed by atoms with Crippen molar-refractivity contribution in [2.75, 3.05) is 0 Å². The van der Waals surface area contributed by atoms with Gasteiger partial charge in [0.15, 0.2) is 5.15 Å². The highest BCUT2D eigenvalue weighted by atomic mass is 79.9. The Morgan fingerprint density at radius 3 is 2.55 bits per heavy atom. The summed E-state index contributed by atoms with van der Waals surface area (Å²) >= 11 is 9.31. The van der Waals surface area contributed by atoms with Gasteiger partial charge in [0.1, 0.15) is 16.5 Å². The molecule has 0 aliphatic heterocycles. The van der Waals surface area contributed by atoms with E-state index in [1.165, 1.54) is 6.33 Å². The van der Waals surface area contributed by atoms with Gasteiger partial charge in [-0.05, 0) is 39.9 Å². The van der Waals surface area contributed by atoms with E-state index in [4.69, 9.17) is 16.3 Å². The maximum atomic E-state index is 5.96. The smallest absolute Gasteiger partial charge is 0.238 e. The fraction of sp³-hybridized carbons (Fsp3) is 0.333. The molecule has 1 heterocycles. The van der Waals surface area contributed by atoms with Crippen molar-refractivity contribution < 1.29 is 4.74 Å². The molecule has 2 rings (SSSR count). The van der Waals surface area contributed by atoms with E-state index < -0.39 is 0 Å². The minimum atomic E-state index is -0.0215. The van der Waals surface area contributed by atoms with Gasteiger partial charge >= 0.3 is 0 Å². The second-order valence-corrected chi connectivity index (χ2v) is 6.79. The van der Waals surface area contributed by atoms with Crippen molar-refractivity contribution in [1.29, 1.82) is 0 Å². The van der Waals surface area contributed by atoms with Gasteiger partial charge in [0.05, 0.1) is 0 Å². The third kappa shape index (κ3) is 3.30. The molecule has 0 unspecified atom stereocenters. The van der Waals surface area contributed by atoms with Gasteiger partial charge in [0, 0.05) is 5.56 Å². The molecule has 20 heavy (non-hydrogen) atoms. The van der Waals surface area contributed by atoms with Gasteiger partial charge < -0.3 is 4.74 Å². The average molecular weight is 356 g/mol. The molecule has 0 atom stereocenters. The molecule has 0 bridgehead atoms. The number of aryl methyl sites for hydroxylation is 1. The van der Waals surface area contributed by atoms with Crippen molar-refractivity contribution in [2.45, 2.75) is 33.1 Å². The van der Waals surface area contributed by atoms with Gasteiger partial charge in [-0.25, -0.2) is 9.97 Å². The first-order valence-corrected chi connectivity index (χ1v) is 7.41. The molecule has 5 heteroatoms. The zero-order chi connectivity index (χ0) is 14.9. The summed E-state index contributed by atoms with van der Waals surface area (Å²) in [5.74, 6) is 1.20. The maximum Gasteiger partial charge on any atom is 0.238 e. The summed E-state index contributed by atoms with van der Waals surface area (Å²) in [5, 5.41) is 0.333. The van der Waals surface area contributed by atoms with Crippen LogP contribution >= 0.6 is 27.5 Å². The van der Waals surface area contributed by atoms with Crippen LogP contribution in [0.3, 0.4) is 0 Å². The standard InChI is InChI=1S/C15H16BrClN2O/c1-9-5-6-10(15(2,3)4)11(7-9)20-14-12(16)13(17)18-8-19-14/h5-8H,1-4H3. The van der Waals surface area contributed by atoms with Gasteiger partial charge in [0.2, 0.25) is 5.88 Å². The molecule has 106 valence electrons. The van der Waals surface area contributed by atoms with E-state index in [1.54, 1.807) is 0 Å². The van der Waals surface area contributed by atoms with E-state index in [0.717, 1.165) is 16.9 Å². The number of aromatic nitrogens is 2. The highest BCUT2D eigenvalue weighted by Gasteiger charge is 2.20. The molecule has 1 aromatic heterocycles. The Balaban J connectivity index is 2.48. The van der Waals surface area contributed by atoms with E-state index in [2.05, 4.69) is 58.8 Å². The molecule has 0 fully saturated rings. The van der Waals surface area contributed by atoms with E-state index in [1.807, 2.05) is 13.0 Å². The predicted octanol–water partition coefficient (Wildman–Crippen LogP) is 5.29. The Labute approximate surface area is 132 Å². The number of hydrogen-bond acceptors (Lipinski definition) is 3. The number of ether oxygens (including phenoxy) is 1. The van der Waals surface area contributed by atoms with Gasteiger partial charge in [0.25, 0.3) is 0 Å². The average Bonchev–Trinajstić information content (AvgIpc) is 2.33. The van der Waals surface area contributed by atoms with Gasteiger partial charge in [-0.15, -0.1) is 0 Å². The normalized spacial score (nSPS) is 11.5. The molecule has 0 saturated heterocycles. The van der Waals surface area contributed by atoms with Crippen molar-refractivity contribution in [2.24, 2.45) is 0 Å². The molecule has 2 aromatic rings. The molecule has 0 radical (unpaired) electrons. The minimum Gasteiger partial charge on any atom is -0.437 e. The van der Waals surface area contributed by atoms with E-state index >= 15 is 0 Å². The zero-order valence-electron chi connectivity index (χ0n) is 11.9. The summed E-state index contributed by atoms with van der Waals surface area (Å²) in [5.41, 5.74) is 2.22. The molecule has 0 amide bonds. The first-order chi connectivity index (χ1) is 9.29. The lowest BCUT2D eigenvalue weighted by atomic mass is 9.86. The lowest BCUT2D eigenvalue weighted by Crippen LogP contribution is -2.12. The number of nitrogens with zero attached hydrogens (tertiary/aromatic N) is 2. The van der Waals surface area contributed by atoms with Gasteiger partial charge in [-0.2, -0.15) is 0 Å². The lowest BCUT2D eigenvalue weighted by molar-refractivity contribution is 0.435. The summed E-state index contributed by atoms with van der Waals surface area (Å²) < 4.78 is 6.50. The molecule has 0 saturated carbocycles. The van der Waals surface area contributed by atoms with E-state index in [0.29, 0.717) is 15.5 Å². The monoisotopic (exact) mass is 354 g/mol. The van der Waals surface area contributed by atoms with Crippen LogP contribution in [-0.2, 0) is 5.41 Å². The fourth-order valence-electron chi connectivity index (χ4n) is 1.84. The number of rotatable bonds is 2. The Kier molecular flexibility index (Phi) is 4.35. The number of benzene rings is 1. The van der Waals surface area contributed by atoms with Crippen LogP contribution in [0.2, 0.25) is 5.15 Å². The highest BCUT2D eigenvalue weighted by Crippen LogP contribution is 2.37. The van der Waals surface area contributed by atoms with E-state index in [-0.39, 0.29) is 5.41 Å². The first-order valence-electron chi connectivity index (χ1n) is 6.24. The summed E-state index contributed by atoms with van der Waals surface area (Å²) in [6, 6.07) is 6.17. The van der Waals surface area contributed by atoms with Gasteiger partial charge in [-0.3, -0.25) is 0 Å². The SMILES string of the molecule is Cc1ccc(C(C)(C)C)c(Oc2ncnc(Cl)c2Br)c1. The van der Waals surface area contributed by atoms with Crippen LogP contribution in [0.4, 0.5) is 0 Å². The van der Waals surface area contributed by atoms with Crippen LogP contribution in [0.25, 0.3) is 0 Å². The topological polar surface area (TPSA) is 35.0 Å². The molecule has 0 N–H and O–H groups in total. The third-order valence-corrected chi connectivity index (χ3v) is 4.10. The Morgan fingerprint density at radius 1 is 1.20 bits per heavy atom. The molecular formula is C15H16BrClN2O. The van der Waals surface area contributed by atoms with Crippen LogP contribution in [0.15, 0.2) is 29.0 Å². The highest BCUT2D eigenvalue weighted by molar-refractivity contribution is 9.10. The van der Waals surface area contributed by atoms with Crippen LogP contribution in [0.1, 0.15) is 31.9 Å². The molecule has 0 spiro atoms. The summed E-state index contributed by atoms with van der Waals surface area (Å²) in [7, 11) is 0. The van der Waals surface area contributed by atoms with Crippen molar-refractivity contribution in [3.05, 3.63) is 45.3 Å². The largest absolute Gasteiger partial charge is 0.437 e. The molecule has 0 aliphatic rings. The minimum absolute atomic E-state index is 0.0215. The number of halogens is 2. The predicted molar refractivity (Wildman–Crippen MR) is 84.7 cm³/mol. The molecule has 0 aliphatic carbocycles.